The van der Waals surface area contributed by atoms with Crippen LogP contribution in [0, 0.1) is 0 Å². The molecule has 22 heavy (non-hydrogen) atoms. The molecule has 0 aromatic heterocycles. The molecule has 1 aliphatic heterocycles. The van der Waals surface area contributed by atoms with Gasteiger partial charge in [-0.3, -0.25) is 9.59 Å². The van der Waals surface area contributed by atoms with E-state index in [0.717, 1.165) is 23.4 Å². The summed E-state index contributed by atoms with van der Waals surface area (Å²) in [5.74, 6) is -0.943. The van der Waals surface area contributed by atoms with Gasteiger partial charge in [0.05, 0.1) is 0 Å². The van der Waals surface area contributed by atoms with Crippen LogP contribution in [0.5, 0.6) is 0 Å². The molecule has 0 spiro atoms. The van der Waals surface area contributed by atoms with Crippen molar-refractivity contribution in [2.24, 2.45) is 0 Å². The van der Waals surface area contributed by atoms with Gasteiger partial charge in [0.2, 0.25) is 0 Å². The Bertz CT molecular complexity index is 685. The number of carbonyl (C=O) groups excluding carboxylic acids is 2. The molecule has 2 amide bonds. The number of fused-ring (bicyclic) bond motifs is 1. The third kappa shape index (κ3) is 2.48. The molecule has 0 N–H and O–H groups in total. The Hall–Kier alpha value is -2.62. The lowest BCUT2D eigenvalue weighted by atomic mass is 10.2. The number of nitrogens with zero attached hydrogens (tertiary/aromatic N) is 2. The van der Waals surface area contributed by atoms with Crippen LogP contribution >= 0.6 is 0 Å². The van der Waals surface area contributed by atoms with Gasteiger partial charge >= 0.3 is 11.8 Å². The van der Waals surface area contributed by atoms with E-state index in [2.05, 4.69) is 0 Å². The lowest BCUT2D eigenvalue weighted by Crippen LogP contribution is -2.45. The predicted molar refractivity (Wildman–Crippen MR) is 87.0 cm³/mol. The zero-order chi connectivity index (χ0) is 15.5. The molecular weight excluding hydrogens is 276 g/mol. The van der Waals surface area contributed by atoms with Crippen LogP contribution in [0.15, 0.2) is 54.6 Å². The molecule has 3 rings (SSSR count). The second-order valence-corrected chi connectivity index (χ2v) is 5.22. The van der Waals surface area contributed by atoms with Crippen LogP contribution < -0.4 is 9.80 Å². The number of amides is 2. The summed E-state index contributed by atoms with van der Waals surface area (Å²) in [6.45, 7) is 2.90. The van der Waals surface area contributed by atoms with Crippen molar-refractivity contribution in [1.82, 2.24) is 0 Å². The summed E-state index contributed by atoms with van der Waals surface area (Å²) in [4.78, 5) is 28.3. The molecule has 0 saturated carbocycles. The van der Waals surface area contributed by atoms with E-state index in [9.17, 15) is 9.59 Å². The van der Waals surface area contributed by atoms with Gasteiger partial charge in [0.1, 0.15) is 0 Å². The van der Waals surface area contributed by atoms with Crippen LogP contribution in [0.1, 0.15) is 12.5 Å². The molecule has 0 atom stereocenters. The summed E-state index contributed by atoms with van der Waals surface area (Å²) in [6.07, 6.45) is 0.798. The maximum Gasteiger partial charge on any atom is 0.316 e. The number of hydrogen-bond acceptors (Lipinski definition) is 2. The van der Waals surface area contributed by atoms with Gasteiger partial charge in [-0.05, 0) is 37.1 Å². The van der Waals surface area contributed by atoms with Crippen molar-refractivity contribution >= 4 is 23.2 Å². The van der Waals surface area contributed by atoms with Crippen molar-refractivity contribution in [1.29, 1.82) is 0 Å². The van der Waals surface area contributed by atoms with Crippen LogP contribution in [0.4, 0.5) is 11.4 Å². The van der Waals surface area contributed by atoms with Crippen molar-refractivity contribution in [3.63, 3.8) is 0 Å². The van der Waals surface area contributed by atoms with E-state index in [1.165, 1.54) is 4.90 Å². The molecule has 0 saturated heterocycles. The average molecular weight is 294 g/mol. The highest BCUT2D eigenvalue weighted by atomic mass is 16.2. The van der Waals surface area contributed by atoms with E-state index >= 15 is 0 Å². The Morgan fingerprint density at radius 3 is 2.45 bits per heavy atom. The summed E-state index contributed by atoms with van der Waals surface area (Å²) in [5, 5.41) is 0. The molecule has 112 valence electrons. The van der Waals surface area contributed by atoms with Crippen LogP contribution in [-0.4, -0.2) is 24.9 Å². The molecule has 1 heterocycles. The first-order chi connectivity index (χ1) is 10.7. The molecule has 4 heteroatoms. The summed E-state index contributed by atoms with van der Waals surface area (Å²) in [6, 6.07) is 17.0. The Balaban J connectivity index is 1.85. The second kappa shape index (κ2) is 6.02. The number of carbonyl (C=O) groups is 2. The van der Waals surface area contributed by atoms with Crippen LogP contribution in [0.3, 0.4) is 0 Å². The molecule has 0 bridgehead atoms. The fourth-order valence-electron chi connectivity index (χ4n) is 2.83. The molecule has 2 aromatic rings. The summed E-state index contributed by atoms with van der Waals surface area (Å²) < 4.78 is 0. The van der Waals surface area contributed by atoms with E-state index in [1.807, 2.05) is 61.5 Å². The van der Waals surface area contributed by atoms with E-state index in [-0.39, 0.29) is 0 Å². The molecule has 0 radical (unpaired) electrons. The Kier molecular flexibility index (Phi) is 3.92. The number of rotatable bonds is 2. The number of hydrogen-bond donors (Lipinski definition) is 0. The monoisotopic (exact) mass is 294 g/mol. The Morgan fingerprint density at radius 1 is 1.05 bits per heavy atom. The molecule has 4 nitrogen and oxygen atoms in total. The molecule has 2 aromatic carbocycles. The van der Waals surface area contributed by atoms with Crippen molar-refractivity contribution in [3.8, 4) is 0 Å². The van der Waals surface area contributed by atoms with Gasteiger partial charge in [0.15, 0.2) is 0 Å². The first-order valence-electron chi connectivity index (χ1n) is 7.48. The molecule has 1 aliphatic rings. The first kappa shape index (κ1) is 14.3. The van der Waals surface area contributed by atoms with Crippen LogP contribution in [0.25, 0.3) is 0 Å². The van der Waals surface area contributed by atoms with E-state index in [4.69, 9.17) is 0 Å². The van der Waals surface area contributed by atoms with Crippen molar-refractivity contribution < 1.29 is 9.59 Å². The highest BCUT2D eigenvalue weighted by Gasteiger charge is 2.31. The predicted octanol–water partition coefficient (Wildman–Crippen LogP) is 2.63. The highest BCUT2D eigenvalue weighted by Crippen LogP contribution is 2.28. The van der Waals surface area contributed by atoms with Crippen LogP contribution in [0.2, 0.25) is 0 Å². The minimum atomic E-state index is -0.481. The van der Waals surface area contributed by atoms with Gasteiger partial charge in [-0.2, -0.15) is 0 Å². The number of likely N-dealkylation sites (N-methyl/N-ethyl adjacent to an activating group) is 1. The zero-order valence-corrected chi connectivity index (χ0v) is 12.5. The van der Waals surface area contributed by atoms with Crippen LogP contribution in [-0.2, 0) is 16.0 Å². The Morgan fingerprint density at radius 2 is 1.73 bits per heavy atom. The van der Waals surface area contributed by atoms with Gasteiger partial charge in [0, 0.05) is 24.5 Å². The molecule has 0 aliphatic carbocycles. The Labute approximate surface area is 130 Å². The van der Waals surface area contributed by atoms with E-state index in [0.29, 0.717) is 13.1 Å². The summed E-state index contributed by atoms with van der Waals surface area (Å²) in [5.41, 5.74) is 2.72. The van der Waals surface area contributed by atoms with Gasteiger partial charge in [-0.15, -0.1) is 0 Å². The fraction of sp³-hybridized carbons (Fsp3) is 0.222. The summed E-state index contributed by atoms with van der Waals surface area (Å²) in [7, 11) is 0. The van der Waals surface area contributed by atoms with Gasteiger partial charge in [0.25, 0.3) is 0 Å². The normalized spacial score (nSPS) is 12.9. The fourth-order valence-corrected chi connectivity index (χ4v) is 2.83. The smallest absolute Gasteiger partial charge is 0.304 e. The standard InChI is InChI=1S/C18H18N2O2/c1-2-19(15-9-4-3-5-10-15)17(21)18(22)20-13-12-14-8-6-7-11-16(14)20/h3-11H,2,12-13H2,1H3. The van der Waals surface area contributed by atoms with Gasteiger partial charge in [-0.25, -0.2) is 0 Å². The second-order valence-electron chi connectivity index (χ2n) is 5.22. The lowest BCUT2D eigenvalue weighted by Gasteiger charge is -2.24. The molecular formula is C18H18N2O2. The minimum absolute atomic E-state index is 0.462. The SMILES string of the molecule is CCN(C(=O)C(=O)N1CCc2ccccc21)c1ccccc1. The number of para-hydroxylation sites is 2. The largest absolute Gasteiger partial charge is 0.316 e. The van der Waals surface area contributed by atoms with Crippen molar-refractivity contribution in [2.45, 2.75) is 13.3 Å². The van der Waals surface area contributed by atoms with Crippen molar-refractivity contribution in [2.75, 3.05) is 22.9 Å². The van der Waals surface area contributed by atoms with E-state index in [1.54, 1.807) is 4.90 Å². The summed E-state index contributed by atoms with van der Waals surface area (Å²) >= 11 is 0. The third-order valence-electron chi connectivity index (χ3n) is 3.94. The van der Waals surface area contributed by atoms with Gasteiger partial charge < -0.3 is 9.80 Å². The van der Waals surface area contributed by atoms with E-state index < -0.39 is 11.8 Å². The topological polar surface area (TPSA) is 40.6 Å². The number of anilines is 2. The number of benzene rings is 2. The lowest BCUT2D eigenvalue weighted by molar-refractivity contribution is -0.135. The average Bonchev–Trinajstić information content (AvgIpc) is 3.00. The third-order valence-corrected chi connectivity index (χ3v) is 3.94. The van der Waals surface area contributed by atoms with Crippen molar-refractivity contribution in [3.05, 3.63) is 60.2 Å². The maximum atomic E-state index is 12.6. The maximum absolute atomic E-state index is 12.6. The first-order valence-corrected chi connectivity index (χ1v) is 7.48. The highest BCUT2D eigenvalue weighted by molar-refractivity contribution is 6.45. The minimum Gasteiger partial charge on any atom is -0.304 e. The molecule has 0 unspecified atom stereocenters. The quantitative estimate of drug-likeness (QED) is 0.799. The van der Waals surface area contributed by atoms with Gasteiger partial charge in [-0.1, -0.05) is 36.4 Å². The zero-order valence-electron chi connectivity index (χ0n) is 12.5. The molecule has 0 fully saturated rings.